The van der Waals surface area contributed by atoms with Crippen LogP contribution in [0.2, 0.25) is 0 Å². The van der Waals surface area contributed by atoms with E-state index in [9.17, 15) is 9.59 Å². The fourth-order valence-electron chi connectivity index (χ4n) is 2.59. The largest absolute Gasteiger partial charge is 0.486 e. The van der Waals surface area contributed by atoms with Gasteiger partial charge in [-0.05, 0) is 43.9 Å². The Hall–Kier alpha value is -2.04. The van der Waals surface area contributed by atoms with Crippen molar-refractivity contribution in [3.8, 4) is 11.5 Å². The normalized spacial score (nSPS) is 14.3. The molecule has 0 saturated heterocycles. The molecular formula is C19H27NO4. The lowest BCUT2D eigenvalue weighted by Crippen LogP contribution is -2.32. The smallest absolute Gasteiger partial charge is 0.220 e. The third-order valence-electron chi connectivity index (χ3n) is 4.03. The van der Waals surface area contributed by atoms with Gasteiger partial charge in [-0.2, -0.15) is 0 Å². The van der Waals surface area contributed by atoms with Gasteiger partial charge >= 0.3 is 0 Å². The highest BCUT2D eigenvalue weighted by molar-refractivity contribution is 5.98. The minimum Gasteiger partial charge on any atom is -0.486 e. The van der Waals surface area contributed by atoms with E-state index in [0.717, 1.165) is 12.8 Å². The second-order valence-corrected chi connectivity index (χ2v) is 6.72. The number of ketones is 1. The van der Waals surface area contributed by atoms with Gasteiger partial charge in [-0.3, -0.25) is 9.59 Å². The molecule has 1 aliphatic heterocycles. The summed E-state index contributed by atoms with van der Waals surface area (Å²) in [4.78, 5) is 24.2. The SMILES string of the molecule is CC(C)CCC(C)NC(=O)CCC(=O)c1ccc2c(c1)OCCO2. The van der Waals surface area contributed by atoms with Crippen molar-refractivity contribution in [1.82, 2.24) is 5.32 Å². The zero-order valence-electron chi connectivity index (χ0n) is 14.8. The molecule has 2 rings (SSSR count). The first kappa shape index (κ1) is 18.3. The van der Waals surface area contributed by atoms with E-state index in [4.69, 9.17) is 9.47 Å². The van der Waals surface area contributed by atoms with Crippen LogP contribution in [0.4, 0.5) is 0 Å². The van der Waals surface area contributed by atoms with Crippen LogP contribution >= 0.6 is 0 Å². The van der Waals surface area contributed by atoms with Gasteiger partial charge in [-0.15, -0.1) is 0 Å². The number of hydrogen-bond donors (Lipinski definition) is 1. The van der Waals surface area contributed by atoms with Crippen LogP contribution in [0, 0.1) is 5.92 Å². The molecule has 0 spiro atoms. The second-order valence-electron chi connectivity index (χ2n) is 6.72. The average molecular weight is 333 g/mol. The number of Topliss-reactive ketones (excluding diaryl/α,β-unsaturated/α-hetero) is 1. The summed E-state index contributed by atoms with van der Waals surface area (Å²) >= 11 is 0. The van der Waals surface area contributed by atoms with E-state index in [0.29, 0.717) is 36.2 Å². The lowest BCUT2D eigenvalue weighted by molar-refractivity contribution is -0.121. The maximum absolute atomic E-state index is 12.3. The van der Waals surface area contributed by atoms with Crippen molar-refractivity contribution in [1.29, 1.82) is 0 Å². The van der Waals surface area contributed by atoms with Crippen molar-refractivity contribution in [3.63, 3.8) is 0 Å². The number of nitrogens with one attached hydrogen (secondary N) is 1. The Balaban J connectivity index is 1.79. The lowest BCUT2D eigenvalue weighted by Gasteiger charge is -2.18. The quantitative estimate of drug-likeness (QED) is 0.741. The molecule has 1 atom stereocenters. The highest BCUT2D eigenvalue weighted by Gasteiger charge is 2.16. The van der Waals surface area contributed by atoms with Gasteiger partial charge in [-0.1, -0.05) is 13.8 Å². The monoisotopic (exact) mass is 333 g/mol. The molecule has 0 bridgehead atoms. The van der Waals surface area contributed by atoms with Crippen LogP contribution in [0.25, 0.3) is 0 Å². The molecular weight excluding hydrogens is 306 g/mol. The van der Waals surface area contributed by atoms with Crippen molar-refractivity contribution in [2.45, 2.75) is 52.5 Å². The summed E-state index contributed by atoms with van der Waals surface area (Å²) < 4.78 is 10.9. The van der Waals surface area contributed by atoms with Crippen LogP contribution in [-0.2, 0) is 4.79 Å². The molecule has 1 aromatic rings. The Kier molecular flexibility index (Phi) is 6.64. The Morgan fingerprint density at radius 1 is 1.04 bits per heavy atom. The van der Waals surface area contributed by atoms with E-state index >= 15 is 0 Å². The maximum Gasteiger partial charge on any atom is 0.220 e. The number of rotatable bonds is 8. The van der Waals surface area contributed by atoms with Crippen molar-refractivity contribution < 1.29 is 19.1 Å². The minimum absolute atomic E-state index is 0.0584. The molecule has 5 nitrogen and oxygen atoms in total. The molecule has 1 amide bonds. The summed E-state index contributed by atoms with van der Waals surface area (Å²) in [5.41, 5.74) is 0.555. The molecule has 132 valence electrons. The number of hydrogen-bond acceptors (Lipinski definition) is 4. The van der Waals surface area contributed by atoms with Gasteiger partial charge in [0.1, 0.15) is 13.2 Å². The summed E-state index contributed by atoms with van der Waals surface area (Å²) in [6.07, 6.45) is 2.44. The van der Waals surface area contributed by atoms with Crippen molar-refractivity contribution >= 4 is 11.7 Å². The van der Waals surface area contributed by atoms with E-state index in [1.807, 2.05) is 6.92 Å². The molecule has 0 aromatic heterocycles. The first-order chi connectivity index (χ1) is 11.5. The molecule has 1 unspecified atom stereocenters. The first-order valence-corrected chi connectivity index (χ1v) is 8.68. The number of fused-ring (bicyclic) bond motifs is 1. The number of carbonyl (C=O) groups excluding carboxylic acids is 2. The molecule has 1 N–H and O–H groups in total. The second kappa shape index (κ2) is 8.71. The fraction of sp³-hybridized carbons (Fsp3) is 0.579. The Morgan fingerprint density at radius 3 is 2.46 bits per heavy atom. The summed E-state index contributed by atoms with van der Waals surface area (Å²) in [6.45, 7) is 7.35. The van der Waals surface area contributed by atoms with Crippen LogP contribution in [0.1, 0.15) is 56.8 Å². The third-order valence-corrected chi connectivity index (χ3v) is 4.03. The van der Waals surface area contributed by atoms with Gasteiger partial charge in [0.15, 0.2) is 17.3 Å². The minimum atomic E-state index is -0.0721. The first-order valence-electron chi connectivity index (χ1n) is 8.68. The molecule has 0 saturated carbocycles. The molecule has 5 heteroatoms. The molecule has 1 aliphatic rings. The summed E-state index contributed by atoms with van der Waals surface area (Å²) in [6, 6.07) is 5.30. The van der Waals surface area contributed by atoms with Crippen LogP contribution in [0.3, 0.4) is 0 Å². The van der Waals surface area contributed by atoms with Crippen LogP contribution in [0.15, 0.2) is 18.2 Å². The van der Waals surface area contributed by atoms with Gasteiger partial charge in [0.2, 0.25) is 5.91 Å². The molecule has 0 fully saturated rings. The highest BCUT2D eigenvalue weighted by Crippen LogP contribution is 2.31. The van der Waals surface area contributed by atoms with Gasteiger partial charge in [0, 0.05) is 24.4 Å². The van der Waals surface area contributed by atoms with Crippen LogP contribution in [0.5, 0.6) is 11.5 Å². The van der Waals surface area contributed by atoms with Gasteiger partial charge in [0.05, 0.1) is 0 Å². The Labute approximate surface area is 143 Å². The summed E-state index contributed by atoms with van der Waals surface area (Å²) in [5, 5.41) is 2.96. The number of carbonyl (C=O) groups is 2. The third kappa shape index (κ3) is 5.55. The average Bonchev–Trinajstić information content (AvgIpc) is 2.57. The Morgan fingerprint density at radius 2 is 1.75 bits per heavy atom. The maximum atomic E-state index is 12.3. The van der Waals surface area contributed by atoms with Crippen LogP contribution < -0.4 is 14.8 Å². The molecule has 1 heterocycles. The van der Waals surface area contributed by atoms with Gasteiger partial charge < -0.3 is 14.8 Å². The van der Waals surface area contributed by atoms with Crippen molar-refractivity contribution in [2.75, 3.05) is 13.2 Å². The molecule has 24 heavy (non-hydrogen) atoms. The van der Waals surface area contributed by atoms with Gasteiger partial charge in [-0.25, -0.2) is 0 Å². The highest BCUT2D eigenvalue weighted by atomic mass is 16.6. The number of ether oxygens (including phenoxy) is 2. The summed E-state index contributed by atoms with van der Waals surface area (Å²) in [7, 11) is 0. The molecule has 0 radical (unpaired) electrons. The van der Waals surface area contributed by atoms with E-state index in [2.05, 4.69) is 19.2 Å². The van der Waals surface area contributed by atoms with E-state index in [-0.39, 0.29) is 30.6 Å². The number of benzene rings is 1. The predicted molar refractivity (Wildman–Crippen MR) is 92.7 cm³/mol. The van der Waals surface area contributed by atoms with Crippen molar-refractivity contribution in [3.05, 3.63) is 23.8 Å². The van der Waals surface area contributed by atoms with E-state index < -0.39 is 0 Å². The lowest BCUT2D eigenvalue weighted by atomic mass is 10.0. The topological polar surface area (TPSA) is 64.6 Å². The number of amides is 1. The van der Waals surface area contributed by atoms with Crippen molar-refractivity contribution in [2.24, 2.45) is 5.92 Å². The molecule has 1 aromatic carbocycles. The standard InChI is InChI=1S/C19H27NO4/c1-13(2)4-5-14(3)20-19(22)9-7-16(21)15-6-8-17-18(12-15)24-11-10-23-17/h6,8,12-14H,4-5,7,9-11H2,1-3H3,(H,20,22). The Bertz CT molecular complexity index is 583. The van der Waals surface area contributed by atoms with Gasteiger partial charge in [0.25, 0.3) is 0 Å². The molecule has 0 aliphatic carbocycles. The van der Waals surface area contributed by atoms with E-state index in [1.165, 1.54) is 0 Å². The van der Waals surface area contributed by atoms with Crippen LogP contribution in [-0.4, -0.2) is 30.9 Å². The fourth-order valence-corrected chi connectivity index (χ4v) is 2.59. The van der Waals surface area contributed by atoms with E-state index in [1.54, 1.807) is 18.2 Å². The zero-order valence-corrected chi connectivity index (χ0v) is 14.8. The zero-order chi connectivity index (χ0) is 17.5. The predicted octanol–water partition coefficient (Wildman–Crippen LogP) is 3.36. The summed E-state index contributed by atoms with van der Waals surface area (Å²) in [5.74, 6) is 1.75.